The van der Waals surface area contributed by atoms with E-state index in [4.69, 9.17) is 24.2 Å². The highest BCUT2D eigenvalue weighted by atomic mass is 32.2. The Hall–Kier alpha value is -3.95. The predicted octanol–water partition coefficient (Wildman–Crippen LogP) is 6.34. The largest absolute Gasteiger partial charge is 0.494 e. The summed E-state index contributed by atoms with van der Waals surface area (Å²) in [5, 5.41) is 0. The van der Waals surface area contributed by atoms with Crippen molar-refractivity contribution in [3.63, 3.8) is 0 Å². The molecule has 5 aliphatic rings. The van der Waals surface area contributed by atoms with E-state index in [9.17, 15) is 36.4 Å². The molecule has 7 rings (SSSR count). The number of aryl methyl sites for hydroxylation is 1. The number of carbonyl (C=O) groups excluding carboxylic acids is 4. The summed E-state index contributed by atoms with van der Waals surface area (Å²) in [6.45, 7) is 11.0. The summed E-state index contributed by atoms with van der Waals surface area (Å²) >= 11 is 0. The molecule has 0 unspecified atom stereocenters. The van der Waals surface area contributed by atoms with Crippen LogP contribution in [0, 0.1) is 34.5 Å². The Labute approximate surface area is 345 Å². The molecule has 1 aromatic heterocycles. The summed E-state index contributed by atoms with van der Waals surface area (Å²) in [6, 6.07) is 4.20. The van der Waals surface area contributed by atoms with E-state index >= 15 is 0 Å². The van der Waals surface area contributed by atoms with Crippen LogP contribution in [0.25, 0.3) is 11.0 Å². The quantitative estimate of drug-likeness (QED) is 0.265. The fraction of sp³-hybridized carbons (Fsp3) is 0.721. The number of amides is 2. The van der Waals surface area contributed by atoms with Crippen molar-refractivity contribution in [2.45, 2.75) is 148 Å². The van der Waals surface area contributed by atoms with Crippen molar-refractivity contribution in [2.24, 2.45) is 34.5 Å². The number of halogens is 2. The number of nitrogens with zero attached hydrogens (tertiary/aromatic N) is 3. The molecule has 0 radical (unpaired) electrons. The summed E-state index contributed by atoms with van der Waals surface area (Å²) in [6.07, 6.45) is 0.448. The highest BCUT2D eigenvalue weighted by molar-refractivity contribution is 7.91. The summed E-state index contributed by atoms with van der Waals surface area (Å²) < 4.78 is 74.3. The molecule has 3 heterocycles. The molecular weight excluding hydrogens is 787 g/mol. The van der Waals surface area contributed by atoms with Crippen LogP contribution in [0.2, 0.25) is 0 Å². The average Bonchev–Trinajstić information content (AvgIpc) is 4.11. The van der Waals surface area contributed by atoms with E-state index in [0.29, 0.717) is 54.8 Å². The monoisotopic (exact) mass is 844 g/mol. The number of carbonyl (C=O) groups is 4. The SMILES string of the molecule is CCOc1ccc2nc3c(nc2c1)O[C@H]1CN(C(=O)[C@H](C(C)(C)C)CC(=O)O[C@@H]2C[C@H]2CCCCC3)[C@H](C(=O)C[C@]2(C(=O)NS(=O)(=O)C3(C)CC3)C[C@H]2C(F)F)[C@@H]1CC. The highest BCUT2D eigenvalue weighted by Crippen LogP contribution is 2.59. The van der Waals surface area contributed by atoms with Crippen LogP contribution < -0.4 is 14.2 Å². The number of alkyl halides is 2. The summed E-state index contributed by atoms with van der Waals surface area (Å²) in [5.41, 5.74) is -0.948. The molecule has 4 fully saturated rings. The van der Waals surface area contributed by atoms with Gasteiger partial charge in [-0.1, -0.05) is 40.5 Å². The Kier molecular flexibility index (Phi) is 11.8. The van der Waals surface area contributed by atoms with Gasteiger partial charge in [0.05, 0.1) is 52.7 Å². The molecule has 2 aromatic rings. The summed E-state index contributed by atoms with van der Waals surface area (Å²) in [5.74, 6) is -4.85. The fourth-order valence-corrected chi connectivity index (χ4v) is 10.5. The van der Waals surface area contributed by atoms with Crippen LogP contribution in [0.5, 0.6) is 11.6 Å². The normalized spacial score (nSPS) is 30.9. The lowest BCUT2D eigenvalue weighted by atomic mass is 9.77. The van der Waals surface area contributed by atoms with Crippen molar-refractivity contribution < 1.29 is 50.6 Å². The van der Waals surface area contributed by atoms with Gasteiger partial charge >= 0.3 is 5.97 Å². The molecule has 1 aromatic carbocycles. The second-order valence-electron chi connectivity index (χ2n) is 18.8. The van der Waals surface area contributed by atoms with E-state index in [2.05, 4.69) is 0 Å². The maximum Gasteiger partial charge on any atom is 0.306 e. The number of Topliss-reactive ketones (excluding diaryl/α,β-unsaturated/α-hetero) is 1. The number of sulfonamides is 1. The fourth-order valence-electron chi connectivity index (χ4n) is 9.15. The standard InChI is InChI=1S/C43H58F2N4O9S/c1-7-26-34-23-49(36(26)32(50)22-43(21-28(43)37(44)45)40(53)48-59(54,55)42(6)16-17-42)39(52)27(41(3,4)5)20-35(51)57-33-18-24(33)12-10-9-11-13-30-38(58-34)47-31-19-25(56-8-2)14-15-29(31)46-30/h14-15,19,24,26-28,33-34,36-37H,7-13,16-18,20-23H2,1-6H3,(H,48,53)/t24-,26-,27-,28+,33-,34+,36+,43-/m1/s1. The van der Waals surface area contributed by atoms with Crippen LogP contribution in [-0.4, -0.2) is 89.4 Å². The average molecular weight is 845 g/mol. The van der Waals surface area contributed by atoms with Crippen molar-refractivity contribution >= 4 is 44.6 Å². The zero-order valence-corrected chi connectivity index (χ0v) is 35.7. The molecule has 1 saturated heterocycles. The summed E-state index contributed by atoms with van der Waals surface area (Å²) in [4.78, 5) is 68.3. The number of aromatic nitrogens is 2. The van der Waals surface area contributed by atoms with Crippen LogP contribution in [0.4, 0.5) is 8.78 Å². The van der Waals surface area contributed by atoms with Crippen LogP contribution in [0.3, 0.4) is 0 Å². The Morgan fingerprint density at radius 1 is 1.05 bits per heavy atom. The van der Waals surface area contributed by atoms with E-state index < -0.39 is 91.9 Å². The third kappa shape index (κ3) is 8.79. The smallest absolute Gasteiger partial charge is 0.306 e. The minimum atomic E-state index is -4.20. The maximum absolute atomic E-state index is 15.0. The molecule has 324 valence electrons. The van der Waals surface area contributed by atoms with Crippen molar-refractivity contribution in [2.75, 3.05) is 13.2 Å². The van der Waals surface area contributed by atoms with E-state index in [0.717, 1.165) is 32.1 Å². The van der Waals surface area contributed by atoms with Crippen molar-refractivity contribution in [1.29, 1.82) is 0 Å². The van der Waals surface area contributed by atoms with Gasteiger partial charge in [-0.15, -0.1) is 0 Å². The Balaban J connectivity index is 1.27. The van der Waals surface area contributed by atoms with Gasteiger partial charge in [0, 0.05) is 24.3 Å². The molecule has 3 saturated carbocycles. The van der Waals surface area contributed by atoms with Gasteiger partial charge in [-0.25, -0.2) is 27.2 Å². The molecule has 59 heavy (non-hydrogen) atoms. The lowest BCUT2D eigenvalue weighted by Gasteiger charge is -2.35. The highest BCUT2D eigenvalue weighted by Gasteiger charge is 2.67. The molecule has 2 aliphatic heterocycles. The first kappa shape index (κ1) is 43.1. The minimum absolute atomic E-state index is 0.0948. The van der Waals surface area contributed by atoms with Gasteiger partial charge in [0.15, 0.2) is 5.78 Å². The molecule has 8 atom stereocenters. The number of esters is 1. The van der Waals surface area contributed by atoms with Gasteiger partial charge in [-0.05, 0) is 88.7 Å². The molecule has 13 nitrogen and oxygen atoms in total. The zero-order valence-electron chi connectivity index (χ0n) is 34.9. The number of fused-ring (bicyclic) bond motifs is 5. The molecule has 3 aliphatic carbocycles. The van der Waals surface area contributed by atoms with Crippen molar-refractivity contribution in [3.8, 4) is 11.6 Å². The lowest BCUT2D eigenvalue weighted by Crippen LogP contribution is -2.50. The van der Waals surface area contributed by atoms with E-state index in [1.807, 2.05) is 51.5 Å². The van der Waals surface area contributed by atoms with Gasteiger partial charge in [-0.3, -0.25) is 23.9 Å². The first-order valence-electron chi connectivity index (χ1n) is 21.3. The summed E-state index contributed by atoms with van der Waals surface area (Å²) in [7, 11) is -4.20. The van der Waals surface area contributed by atoms with Gasteiger partial charge in [0.1, 0.15) is 23.7 Å². The predicted molar refractivity (Wildman–Crippen MR) is 213 cm³/mol. The molecule has 1 N–H and O–H groups in total. The van der Waals surface area contributed by atoms with Crippen LogP contribution in [-0.2, 0) is 40.4 Å². The van der Waals surface area contributed by atoms with Crippen LogP contribution in [0.1, 0.15) is 118 Å². The Bertz CT molecular complexity index is 2090. The van der Waals surface area contributed by atoms with Gasteiger partial charge in [0.2, 0.25) is 34.1 Å². The number of ketones is 1. The molecule has 16 heteroatoms. The molecule has 0 spiro atoms. The zero-order chi connectivity index (χ0) is 42.7. The maximum atomic E-state index is 15.0. The van der Waals surface area contributed by atoms with Crippen molar-refractivity contribution in [3.05, 3.63) is 23.9 Å². The number of benzene rings is 1. The van der Waals surface area contributed by atoms with Crippen LogP contribution >= 0.6 is 0 Å². The van der Waals surface area contributed by atoms with E-state index in [1.165, 1.54) is 11.8 Å². The number of hydrogen-bond donors (Lipinski definition) is 1. The number of ether oxygens (including phenoxy) is 3. The Morgan fingerprint density at radius 3 is 2.44 bits per heavy atom. The van der Waals surface area contributed by atoms with Gasteiger partial charge < -0.3 is 19.1 Å². The Morgan fingerprint density at radius 2 is 1.80 bits per heavy atom. The lowest BCUT2D eigenvalue weighted by molar-refractivity contribution is -0.154. The molecule has 2 bridgehead atoms. The van der Waals surface area contributed by atoms with Crippen molar-refractivity contribution in [1.82, 2.24) is 19.6 Å². The van der Waals surface area contributed by atoms with Gasteiger partial charge in [-0.2, -0.15) is 0 Å². The second kappa shape index (κ2) is 16.2. The first-order valence-corrected chi connectivity index (χ1v) is 22.8. The molecule has 2 amide bonds. The molecular formula is C43H58F2N4O9S. The van der Waals surface area contributed by atoms with Gasteiger partial charge in [0.25, 0.3) is 0 Å². The third-order valence-electron chi connectivity index (χ3n) is 13.5. The third-order valence-corrected chi connectivity index (χ3v) is 15.6. The number of rotatable bonds is 10. The number of hydrogen-bond acceptors (Lipinski definition) is 11. The first-order chi connectivity index (χ1) is 27.8. The second-order valence-corrected chi connectivity index (χ2v) is 21.0. The van der Waals surface area contributed by atoms with Crippen LogP contribution in [0.15, 0.2) is 18.2 Å². The minimum Gasteiger partial charge on any atom is -0.494 e. The number of nitrogens with one attached hydrogen (secondary N) is 1. The van der Waals surface area contributed by atoms with E-state index in [-0.39, 0.29) is 37.3 Å². The topological polar surface area (TPSA) is 171 Å². The van der Waals surface area contributed by atoms with E-state index in [1.54, 1.807) is 6.07 Å².